The summed E-state index contributed by atoms with van der Waals surface area (Å²) in [5, 5.41) is 9.93. The van der Waals surface area contributed by atoms with Gasteiger partial charge in [-0.1, -0.05) is 48.2 Å². The van der Waals surface area contributed by atoms with Crippen LogP contribution in [0, 0.1) is 13.8 Å². The van der Waals surface area contributed by atoms with Gasteiger partial charge in [-0.15, -0.1) is 10.2 Å². The maximum atomic E-state index is 5.77. The highest BCUT2D eigenvalue weighted by Gasteiger charge is 2.20. The molecule has 1 unspecified atom stereocenters. The Labute approximate surface area is 158 Å². The third kappa shape index (κ3) is 3.55. The number of hydrogen-bond donors (Lipinski definition) is 0. The van der Waals surface area contributed by atoms with Gasteiger partial charge in [-0.05, 0) is 49.9 Å². The average Bonchev–Trinajstić information content (AvgIpc) is 3.32. The van der Waals surface area contributed by atoms with Gasteiger partial charge in [0.05, 0.1) is 11.8 Å². The maximum Gasteiger partial charge on any atom is 0.196 e. The van der Waals surface area contributed by atoms with Gasteiger partial charge in [-0.2, -0.15) is 0 Å². The summed E-state index contributed by atoms with van der Waals surface area (Å²) in [4.78, 5) is 0. The van der Waals surface area contributed by atoms with E-state index in [0.717, 1.165) is 47.4 Å². The number of benzene rings is 2. The smallest absolute Gasteiger partial charge is 0.196 e. The molecule has 1 aliphatic rings. The van der Waals surface area contributed by atoms with Crippen molar-refractivity contribution in [2.24, 2.45) is 0 Å². The Morgan fingerprint density at radius 3 is 2.65 bits per heavy atom. The minimum atomic E-state index is 0.324. The topological polar surface area (TPSA) is 39.9 Å². The highest BCUT2D eigenvalue weighted by atomic mass is 32.2. The highest BCUT2D eigenvalue weighted by molar-refractivity contribution is 7.99. The van der Waals surface area contributed by atoms with E-state index in [9.17, 15) is 0 Å². The lowest BCUT2D eigenvalue weighted by atomic mass is 10.1. The fourth-order valence-corrected chi connectivity index (χ4v) is 4.20. The van der Waals surface area contributed by atoms with Crippen molar-refractivity contribution in [1.82, 2.24) is 14.8 Å². The molecule has 5 heteroatoms. The third-order valence-electron chi connectivity index (χ3n) is 4.84. The van der Waals surface area contributed by atoms with Crippen LogP contribution < -0.4 is 0 Å². The van der Waals surface area contributed by atoms with Crippen molar-refractivity contribution in [3.63, 3.8) is 0 Å². The van der Waals surface area contributed by atoms with E-state index < -0.39 is 0 Å². The molecule has 134 valence electrons. The molecule has 0 aliphatic carbocycles. The van der Waals surface area contributed by atoms with Crippen LogP contribution in [-0.4, -0.2) is 33.2 Å². The molecule has 0 radical (unpaired) electrons. The Hall–Kier alpha value is -2.11. The van der Waals surface area contributed by atoms with E-state index in [1.165, 1.54) is 11.1 Å². The molecule has 3 aromatic rings. The summed E-state index contributed by atoms with van der Waals surface area (Å²) in [7, 11) is 0. The summed E-state index contributed by atoms with van der Waals surface area (Å²) in [5.74, 6) is 1.79. The molecule has 1 saturated heterocycles. The van der Waals surface area contributed by atoms with Crippen LogP contribution in [0.15, 0.2) is 53.7 Å². The predicted octanol–water partition coefficient (Wildman–Crippen LogP) is 4.82. The van der Waals surface area contributed by atoms with E-state index in [4.69, 9.17) is 4.74 Å². The molecule has 0 saturated carbocycles. The van der Waals surface area contributed by atoms with Gasteiger partial charge in [-0.25, -0.2) is 0 Å². The van der Waals surface area contributed by atoms with Crippen LogP contribution in [0.5, 0.6) is 0 Å². The number of hydrogen-bond acceptors (Lipinski definition) is 4. The quantitative estimate of drug-likeness (QED) is 0.608. The SMILES string of the molecule is Cc1ccc(-n2c(SCC3CCCO3)nnc2-c2ccccc2)cc1C. The summed E-state index contributed by atoms with van der Waals surface area (Å²) in [6.45, 7) is 5.16. The van der Waals surface area contributed by atoms with Crippen molar-refractivity contribution in [1.29, 1.82) is 0 Å². The Bertz CT molecular complexity index is 886. The van der Waals surface area contributed by atoms with Crippen LogP contribution in [0.2, 0.25) is 0 Å². The zero-order chi connectivity index (χ0) is 17.9. The molecule has 0 N–H and O–H groups in total. The Morgan fingerprint density at radius 2 is 1.92 bits per heavy atom. The molecule has 4 rings (SSSR count). The molecule has 1 fully saturated rings. The molecule has 0 amide bonds. The summed E-state index contributed by atoms with van der Waals surface area (Å²) in [6, 6.07) is 16.8. The second-order valence-electron chi connectivity index (χ2n) is 6.72. The van der Waals surface area contributed by atoms with E-state index in [1.54, 1.807) is 11.8 Å². The maximum absolute atomic E-state index is 5.77. The standard InChI is InChI=1S/C21H23N3OS/c1-15-10-11-18(13-16(15)2)24-20(17-7-4-3-5-8-17)22-23-21(24)26-14-19-9-6-12-25-19/h3-5,7-8,10-11,13,19H,6,9,12,14H2,1-2H3. The lowest BCUT2D eigenvalue weighted by Gasteiger charge is -2.13. The van der Waals surface area contributed by atoms with Gasteiger partial charge in [-0.3, -0.25) is 4.57 Å². The normalized spacial score (nSPS) is 16.9. The van der Waals surface area contributed by atoms with Gasteiger partial charge in [0.2, 0.25) is 0 Å². The van der Waals surface area contributed by atoms with E-state index >= 15 is 0 Å². The lowest BCUT2D eigenvalue weighted by molar-refractivity contribution is 0.129. The van der Waals surface area contributed by atoms with Gasteiger partial charge in [0.15, 0.2) is 11.0 Å². The first-order valence-electron chi connectivity index (χ1n) is 9.05. The van der Waals surface area contributed by atoms with Crippen LogP contribution in [0.3, 0.4) is 0 Å². The minimum Gasteiger partial charge on any atom is -0.377 e. The number of aryl methyl sites for hydroxylation is 2. The second-order valence-corrected chi connectivity index (χ2v) is 7.71. The third-order valence-corrected chi connectivity index (χ3v) is 5.90. The number of aromatic nitrogens is 3. The summed E-state index contributed by atoms with van der Waals surface area (Å²) in [5.41, 5.74) is 4.73. The van der Waals surface area contributed by atoms with Crippen molar-refractivity contribution in [2.75, 3.05) is 12.4 Å². The van der Waals surface area contributed by atoms with Gasteiger partial charge >= 0.3 is 0 Å². The molecule has 0 spiro atoms. The van der Waals surface area contributed by atoms with Gasteiger partial charge in [0, 0.05) is 17.9 Å². The summed E-state index contributed by atoms with van der Waals surface area (Å²) in [6.07, 6.45) is 2.62. The molecule has 2 heterocycles. The van der Waals surface area contributed by atoms with Gasteiger partial charge in [0.25, 0.3) is 0 Å². The van der Waals surface area contributed by atoms with E-state index in [-0.39, 0.29) is 0 Å². The van der Waals surface area contributed by atoms with Crippen LogP contribution in [0.4, 0.5) is 0 Å². The molecule has 4 nitrogen and oxygen atoms in total. The average molecular weight is 366 g/mol. The molecule has 2 aromatic carbocycles. The van der Waals surface area contributed by atoms with Crippen molar-refractivity contribution in [3.8, 4) is 17.1 Å². The molecule has 1 atom stereocenters. The van der Waals surface area contributed by atoms with Crippen LogP contribution >= 0.6 is 11.8 Å². The van der Waals surface area contributed by atoms with Crippen molar-refractivity contribution >= 4 is 11.8 Å². The molecular formula is C21H23N3OS. The van der Waals surface area contributed by atoms with Crippen molar-refractivity contribution in [3.05, 3.63) is 59.7 Å². The van der Waals surface area contributed by atoms with Crippen LogP contribution in [-0.2, 0) is 4.74 Å². The van der Waals surface area contributed by atoms with E-state index in [0.29, 0.717) is 6.10 Å². The first-order valence-corrected chi connectivity index (χ1v) is 10.0. The largest absolute Gasteiger partial charge is 0.377 e. The lowest BCUT2D eigenvalue weighted by Crippen LogP contribution is -2.09. The van der Waals surface area contributed by atoms with Crippen LogP contribution in [0.1, 0.15) is 24.0 Å². The number of thioether (sulfide) groups is 1. The predicted molar refractivity (Wildman–Crippen MR) is 106 cm³/mol. The minimum absolute atomic E-state index is 0.324. The first-order chi connectivity index (χ1) is 12.7. The van der Waals surface area contributed by atoms with Crippen molar-refractivity contribution in [2.45, 2.75) is 37.9 Å². The summed E-state index contributed by atoms with van der Waals surface area (Å²) >= 11 is 1.73. The Morgan fingerprint density at radius 1 is 1.08 bits per heavy atom. The number of ether oxygens (including phenoxy) is 1. The molecule has 26 heavy (non-hydrogen) atoms. The molecule has 1 aromatic heterocycles. The van der Waals surface area contributed by atoms with Crippen LogP contribution in [0.25, 0.3) is 17.1 Å². The molecule has 1 aliphatic heterocycles. The molecule has 0 bridgehead atoms. The zero-order valence-corrected chi connectivity index (χ0v) is 16.0. The molecular weight excluding hydrogens is 342 g/mol. The summed E-state index contributed by atoms with van der Waals surface area (Å²) < 4.78 is 7.94. The Balaban J connectivity index is 1.73. The second kappa shape index (κ2) is 7.64. The Kier molecular flexibility index (Phi) is 5.09. The first kappa shape index (κ1) is 17.3. The number of nitrogens with zero attached hydrogens (tertiary/aromatic N) is 3. The monoisotopic (exact) mass is 365 g/mol. The highest BCUT2D eigenvalue weighted by Crippen LogP contribution is 2.30. The number of rotatable bonds is 5. The van der Waals surface area contributed by atoms with Crippen molar-refractivity contribution < 1.29 is 4.74 Å². The van der Waals surface area contributed by atoms with Gasteiger partial charge in [0.1, 0.15) is 0 Å². The fraction of sp³-hybridized carbons (Fsp3) is 0.333. The fourth-order valence-electron chi connectivity index (χ4n) is 3.18. The van der Waals surface area contributed by atoms with Gasteiger partial charge < -0.3 is 4.74 Å². The van der Waals surface area contributed by atoms with E-state index in [1.807, 2.05) is 18.2 Å². The zero-order valence-electron chi connectivity index (χ0n) is 15.2. The van der Waals surface area contributed by atoms with E-state index in [2.05, 4.69) is 58.9 Å².